The van der Waals surface area contributed by atoms with Crippen LogP contribution in [0, 0.1) is 5.41 Å². The van der Waals surface area contributed by atoms with Gasteiger partial charge in [0.25, 0.3) is 5.91 Å². The number of rotatable bonds is 5. The third-order valence-electron chi connectivity index (χ3n) is 7.72. The van der Waals surface area contributed by atoms with Crippen LogP contribution in [0.2, 0.25) is 5.02 Å². The van der Waals surface area contributed by atoms with Gasteiger partial charge in [-0.2, -0.15) is 13.2 Å². The van der Waals surface area contributed by atoms with Gasteiger partial charge in [-0.05, 0) is 47.7 Å². The summed E-state index contributed by atoms with van der Waals surface area (Å²) < 4.78 is 39.4. The van der Waals surface area contributed by atoms with E-state index >= 15 is 0 Å². The first-order valence-electron chi connectivity index (χ1n) is 13.1. The van der Waals surface area contributed by atoms with E-state index in [4.69, 9.17) is 11.6 Å². The summed E-state index contributed by atoms with van der Waals surface area (Å²) in [6.07, 6.45) is -4.23. The van der Waals surface area contributed by atoms with Crippen LogP contribution in [-0.2, 0) is 22.2 Å². The number of carbonyl (C=O) groups excluding carboxylic acids is 3. The number of hydrogen-bond acceptors (Lipinski definition) is 3. The highest BCUT2D eigenvalue weighted by atomic mass is 35.5. The minimum absolute atomic E-state index is 0.0984. The quantitative estimate of drug-likeness (QED) is 0.448. The lowest BCUT2D eigenvalue weighted by Crippen LogP contribution is -2.59. The average molecular weight is 575 g/mol. The SMILES string of the molecule is CC(C)(C)[C@H](NC(=O)c1cc2ccccc2[nH]1)C(=O)N1C[C@@H]2C[C@H]1CN2C(=O)Cc1cc(C(F)(F)F)ccc1Cl. The van der Waals surface area contributed by atoms with Crippen LogP contribution < -0.4 is 5.32 Å². The van der Waals surface area contributed by atoms with Crippen molar-refractivity contribution < 1.29 is 27.6 Å². The van der Waals surface area contributed by atoms with Gasteiger partial charge in [-0.15, -0.1) is 0 Å². The summed E-state index contributed by atoms with van der Waals surface area (Å²) in [5, 5.41) is 3.90. The number of amides is 3. The number of aromatic amines is 1. The van der Waals surface area contributed by atoms with Crippen LogP contribution in [0.1, 0.15) is 48.8 Å². The first kappa shape index (κ1) is 28.0. The maximum Gasteiger partial charge on any atom is 0.416 e. The Kier molecular flexibility index (Phi) is 7.10. The third kappa shape index (κ3) is 5.41. The minimum Gasteiger partial charge on any atom is -0.351 e. The van der Waals surface area contributed by atoms with Crippen molar-refractivity contribution in [1.29, 1.82) is 0 Å². The maximum absolute atomic E-state index is 13.7. The lowest BCUT2D eigenvalue weighted by molar-refractivity contribution is -0.142. The van der Waals surface area contributed by atoms with Gasteiger partial charge in [0.2, 0.25) is 11.8 Å². The number of piperazine rings is 1. The van der Waals surface area contributed by atoms with Gasteiger partial charge in [-0.25, -0.2) is 0 Å². The highest BCUT2D eigenvalue weighted by Crippen LogP contribution is 2.35. The number of carbonyl (C=O) groups is 3. The second-order valence-electron chi connectivity index (χ2n) is 11.6. The maximum atomic E-state index is 13.7. The zero-order chi connectivity index (χ0) is 29.0. The molecule has 3 amide bonds. The molecule has 0 radical (unpaired) electrons. The van der Waals surface area contributed by atoms with Crippen molar-refractivity contribution in [3.63, 3.8) is 0 Å². The second-order valence-corrected chi connectivity index (χ2v) is 12.0. The van der Waals surface area contributed by atoms with Crippen molar-refractivity contribution in [3.05, 3.63) is 70.4 Å². The first-order chi connectivity index (χ1) is 18.7. The summed E-state index contributed by atoms with van der Waals surface area (Å²) in [7, 11) is 0. The molecule has 3 aromatic rings. The van der Waals surface area contributed by atoms with Crippen molar-refractivity contribution in [3.8, 4) is 0 Å². The number of likely N-dealkylation sites (tertiary alicyclic amines) is 2. The molecule has 7 nitrogen and oxygen atoms in total. The second kappa shape index (κ2) is 10.1. The number of hydrogen-bond donors (Lipinski definition) is 2. The van der Waals surface area contributed by atoms with Gasteiger partial charge >= 0.3 is 6.18 Å². The Morgan fingerprint density at radius 1 is 1.02 bits per heavy atom. The number of para-hydroxylation sites is 1. The van der Waals surface area contributed by atoms with Gasteiger partial charge in [-0.1, -0.05) is 50.6 Å². The number of alkyl halides is 3. The van der Waals surface area contributed by atoms with Gasteiger partial charge in [0.15, 0.2) is 0 Å². The van der Waals surface area contributed by atoms with Crippen LogP contribution in [0.4, 0.5) is 13.2 Å². The van der Waals surface area contributed by atoms with E-state index in [1.54, 1.807) is 15.9 Å². The molecule has 0 unspecified atom stereocenters. The monoisotopic (exact) mass is 574 g/mol. The summed E-state index contributed by atoms with van der Waals surface area (Å²) in [6.45, 7) is 6.21. The predicted octanol–water partition coefficient (Wildman–Crippen LogP) is 5.04. The Labute approximate surface area is 234 Å². The molecule has 212 valence electrons. The fraction of sp³-hybridized carbons (Fsp3) is 0.414. The molecule has 2 N–H and O–H groups in total. The molecule has 2 aromatic carbocycles. The predicted molar refractivity (Wildman–Crippen MR) is 145 cm³/mol. The Morgan fingerprint density at radius 3 is 2.33 bits per heavy atom. The number of aromatic nitrogens is 1. The summed E-state index contributed by atoms with van der Waals surface area (Å²) in [4.78, 5) is 46.4. The fourth-order valence-electron chi connectivity index (χ4n) is 5.61. The number of H-pyrrole nitrogens is 1. The van der Waals surface area contributed by atoms with Crippen molar-refractivity contribution in [2.75, 3.05) is 13.1 Å². The van der Waals surface area contributed by atoms with E-state index < -0.39 is 23.2 Å². The third-order valence-corrected chi connectivity index (χ3v) is 8.09. The lowest BCUT2D eigenvalue weighted by Gasteiger charge is -2.39. The van der Waals surface area contributed by atoms with Crippen LogP contribution >= 0.6 is 11.6 Å². The molecule has 11 heteroatoms. The molecule has 40 heavy (non-hydrogen) atoms. The smallest absolute Gasteiger partial charge is 0.351 e. The van der Waals surface area contributed by atoms with E-state index in [1.807, 2.05) is 45.0 Å². The zero-order valence-corrected chi connectivity index (χ0v) is 23.1. The Hall–Kier alpha value is -3.53. The van der Waals surface area contributed by atoms with Gasteiger partial charge in [0, 0.05) is 29.0 Å². The molecule has 2 bridgehead atoms. The van der Waals surface area contributed by atoms with Crippen molar-refractivity contribution in [1.82, 2.24) is 20.1 Å². The first-order valence-corrected chi connectivity index (χ1v) is 13.4. The fourth-order valence-corrected chi connectivity index (χ4v) is 5.80. The highest BCUT2D eigenvalue weighted by molar-refractivity contribution is 6.31. The number of benzene rings is 2. The number of halogens is 4. The van der Waals surface area contributed by atoms with Gasteiger partial charge < -0.3 is 20.1 Å². The molecule has 3 atom stereocenters. The normalized spacial score (nSPS) is 19.8. The van der Waals surface area contributed by atoms with Gasteiger partial charge in [-0.3, -0.25) is 14.4 Å². The van der Waals surface area contributed by atoms with Crippen LogP contribution in [0.25, 0.3) is 10.9 Å². The highest BCUT2D eigenvalue weighted by Gasteiger charge is 2.49. The van der Waals surface area contributed by atoms with Crippen molar-refractivity contribution in [2.24, 2.45) is 5.41 Å². The van der Waals surface area contributed by atoms with E-state index in [2.05, 4.69) is 10.3 Å². The number of nitrogens with one attached hydrogen (secondary N) is 2. The van der Waals surface area contributed by atoms with E-state index in [-0.39, 0.29) is 53.4 Å². The Morgan fingerprint density at radius 2 is 1.70 bits per heavy atom. The summed E-state index contributed by atoms with van der Waals surface area (Å²) in [5.41, 5.74) is -0.154. The van der Waals surface area contributed by atoms with E-state index in [1.165, 1.54) is 0 Å². The van der Waals surface area contributed by atoms with Crippen LogP contribution in [0.3, 0.4) is 0 Å². The van der Waals surface area contributed by atoms with E-state index in [0.717, 1.165) is 29.1 Å². The molecule has 2 aliphatic rings. The van der Waals surface area contributed by atoms with Crippen molar-refractivity contribution in [2.45, 2.75) is 57.9 Å². The summed E-state index contributed by atoms with van der Waals surface area (Å²) in [5.74, 6) is -0.943. The standard InChI is InChI=1S/C29H30ClF3N4O3/c1-28(2,3)25(35-26(39)23-11-16-6-4-5-7-22(16)34-23)27(40)37-15-19-13-20(37)14-36(19)24(38)12-17-10-18(29(31,32)33)8-9-21(17)30/h4-11,19-20,25,34H,12-15H2,1-3H3,(H,35,39)/t19-,20-,25+/m0/s1. The molecule has 1 aromatic heterocycles. The van der Waals surface area contributed by atoms with E-state index in [9.17, 15) is 27.6 Å². The molecule has 0 aliphatic carbocycles. The lowest BCUT2D eigenvalue weighted by atomic mass is 9.85. The molecule has 0 saturated carbocycles. The minimum atomic E-state index is -4.54. The summed E-state index contributed by atoms with van der Waals surface area (Å²) >= 11 is 6.10. The van der Waals surface area contributed by atoms with Gasteiger partial charge in [0.05, 0.1) is 24.1 Å². The van der Waals surface area contributed by atoms with Crippen LogP contribution in [0.5, 0.6) is 0 Å². The molecule has 0 spiro atoms. The molecule has 2 saturated heterocycles. The van der Waals surface area contributed by atoms with Crippen molar-refractivity contribution >= 4 is 40.2 Å². The molecule has 2 fully saturated rings. The molecular formula is C29H30ClF3N4O3. The molecular weight excluding hydrogens is 545 g/mol. The van der Waals surface area contributed by atoms with E-state index in [0.29, 0.717) is 18.7 Å². The zero-order valence-electron chi connectivity index (χ0n) is 22.3. The van der Waals surface area contributed by atoms with Gasteiger partial charge in [0.1, 0.15) is 11.7 Å². The van der Waals surface area contributed by atoms with Crippen LogP contribution in [0.15, 0.2) is 48.5 Å². The summed E-state index contributed by atoms with van der Waals surface area (Å²) in [6, 6.07) is 10.9. The molecule has 3 heterocycles. The Bertz CT molecular complexity index is 1450. The van der Waals surface area contributed by atoms with Crippen LogP contribution in [-0.4, -0.2) is 63.7 Å². The number of fused-ring (bicyclic) bond motifs is 3. The Balaban J connectivity index is 1.26. The largest absolute Gasteiger partial charge is 0.416 e. The average Bonchev–Trinajstić information content (AvgIpc) is 3.60. The molecule has 5 rings (SSSR count). The number of nitrogens with zero attached hydrogens (tertiary/aromatic N) is 2. The molecule has 2 aliphatic heterocycles. The topological polar surface area (TPSA) is 85.5 Å².